The van der Waals surface area contributed by atoms with E-state index < -0.39 is 0 Å². The molecule has 0 spiro atoms. The molecule has 1 heterocycles. The van der Waals surface area contributed by atoms with Crippen molar-refractivity contribution in [1.29, 1.82) is 5.26 Å². The van der Waals surface area contributed by atoms with E-state index in [0.717, 1.165) is 0 Å². The van der Waals surface area contributed by atoms with Crippen LogP contribution in [-0.2, 0) is 11.2 Å². The van der Waals surface area contributed by atoms with Crippen LogP contribution < -0.4 is 5.32 Å². The molecule has 1 amide bonds. The third kappa shape index (κ3) is 6.14. The molecule has 0 atom stereocenters. The van der Waals surface area contributed by atoms with Crippen LogP contribution in [0.1, 0.15) is 22.7 Å². The van der Waals surface area contributed by atoms with Crippen LogP contribution in [0.15, 0.2) is 96.7 Å². The van der Waals surface area contributed by atoms with Crippen LogP contribution in [0.2, 0.25) is 0 Å². The highest BCUT2D eigenvalue weighted by Crippen LogP contribution is 2.29. The Labute approximate surface area is 206 Å². The Balaban J connectivity index is 1.36. The van der Waals surface area contributed by atoms with Crippen molar-refractivity contribution in [3.05, 3.63) is 119 Å². The van der Waals surface area contributed by atoms with E-state index in [1.54, 1.807) is 23.1 Å². The lowest BCUT2D eigenvalue weighted by molar-refractivity contribution is -0.128. The van der Waals surface area contributed by atoms with Crippen LogP contribution in [0.4, 0.5) is 4.39 Å². The minimum atomic E-state index is -0.276. The summed E-state index contributed by atoms with van der Waals surface area (Å²) in [5.41, 5.74) is 3.10. The third-order valence-corrected chi connectivity index (χ3v) is 6.29. The molecule has 0 bridgehead atoms. The first-order valence-electron chi connectivity index (χ1n) is 11.9. The van der Waals surface area contributed by atoms with Crippen molar-refractivity contribution in [2.75, 3.05) is 32.7 Å². The van der Waals surface area contributed by atoms with E-state index in [1.807, 2.05) is 42.5 Å². The first kappa shape index (κ1) is 24.2. The highest BCUT2D eigenvalue weighted by atomic mass is 19.1. The number of nitriles is 1. The van der Waals surface area contributed by atoms with E-state index in [0.29, 0.717) is 44.7 Å². The van der Waals surface area contributed by atoms with Gasteiger partial charge in [-0.2, -0.15) is 5.26 Å². The number of carbonyl (C=O) groups is 1. The van der Waals surface area contributed by atoms with Crippen molar-refractivity contribution in [3.63, 3.8) is 0 Å². The molecule has 3 aromatic carbocycles. The van der Waals surface area contributed by atoms with Gasteiger partial charge in [0.2, 0.25) is 0 Å². The van der Waals surface area contributed by atoms with E-state index in [4.69, 9.17) is 0 Å². The summed E-state index contributed by atoms with van der Waals surface area (Å²) in [5, 5.41) is 12.5. The second-order valence-corrected chi connectivity index (χ2v) is 8.52. The SMILES string of the molecule is N#C/C(=C/NCCc1ccccc1F)C(=O)N1CCN(C(c2ccccc2)c2ccccc2)CC1. The molecule has 0 aliphatic carbocycles. The lowest BCUT2D eigenvalue weighted by atomic mass is 9.96. The Bertz CT molecular complexity index is 1140. The van der Waals surface area contributed by atoms with Gasteiger partial charge in [0.25, 0.3) is 5.91 Å². The smallest absolute Gasteiger partial charge is 0.266 e. The highest BCUT2D eigenvalue weighted by Gasteiger charge is 2.29. The molecule has 1 fully saturated rings. The first-order chi connectivity index (χ1) is 17.2. The fraction of sp³-hybridized carbons (Fsp3) is 0.241. The van der Waals surface area contributed by atoms with Gasteiger partial charge in [-0.1, -0.05) is 78.9 Å². The van der Waals surface area contributed by atoms with Gasteiger partial charge in [0.1, 0.15) is 17.5 Å². The number of amides is 1. The lowest BCUT2D eigenvalue weighted by Gasteiger charge is -2.39. The summed E-state index contributed by atoms with van der Waals surface area (Å²) in [6.45, 7) is 2.94. The molecule has 5 nitrogen and oxygen atoms in total. The lowest BCUT2D eigenvalue weighted by Crippen LogP contribution is -2.50. The molecular formula is C29H29FN4O. The van der Waals surface area contributed by atoms with Gasteiger partial charge in [-0.3, -0.25) is 9.69 Å². The monoisotopic (exact) mass is 468 g/mol. The molecule has 3 aromatic rings. The average Bonchev–Trinajstić information content (AvgIpc) is 2.91. The third-order valence-electron chi connectivity index (χ3n) is 6.29. The largest absolute Gasteiger partial charge is 0.389 e. The average molecular weight is 469 g/mol. The Morgan fingerprint density at radius 3 is 2.06 bits per heavy atom. The van der Waals surface area contributed by atoms with Gasteiger partial charge in [0, 0.05) is 38.9 Å². The topological polar surface area (TPSA) is 59.4 Å². The molecule has 1 aliphatic rings. The van der Waals surface area contributed by atoms with Gasteiger partial charge in [-0.05, 0) is 29.2 Å². The van der Waals surface area contributed by atoms with Crippen LogP contribution in [0.25, 0.3) is 0 Å². The summed E-state index contributed by atoms with van der Waals surface area (Å²) in [4.78, 5) is 17.1. The first-order valence-corrected chi connectivity index (χ1v) is 11.9. The Morgan fingerprint density at radius 2 is 1.49 bits per heavy atom. The van der Waals surface area contributed by atoms with Crippen LogP contribution in [-0.4, -0.2) is 48.4 Å². The molecule has 6 heteroatoms. The fourth-order valence-electron chi connectivity index (χ4n) is 4.46. The molecule has 4 rings (SSSR count). The van der Waals surface area contributed by atoms with Crippen molar-refractivity contribution in [2.45, 2.75) is 12.5 Å². The fourth-order valence-corrected chi connectivity index (χ4v) is 4.46. The van der Waals surface area contributed by atoms with E-state index in [1.165, 1.54) is 23.4 Å². The van der Waals surface area contributed by atoms with Crippen molar-refractivity contribution in [3.8, 4) is 6.07 Å². The van der Waals surface area contributed by atoms with Gasteiger partial charge in [-0.15, -0.1) is 0 Å². The molecule has 178 valence electrons. The summed E-state index contributed by atoms with van der Waals surface area (Å²) in [6, 6.07) is 29.5. The summed E-state index contributed by atoms with van der Waals surface area (Å²) in [5.74, 6) is -0.529. The quantitative estimate of drug-likeness (QED) is 0.304. The molecule has 1 saturated heterocycles. The zero-order valence-corrected chi connectivity index (χ0v) is 19.6. The van der Waals surface area contributed by atoms with Crippen LogP contribution in [0.5, 0.6) is 0 Å². The Hall–Kier alpha value is -3.95. The van der Waals surface area contributed by atoms with E-state index in [9.17, 15) is 14.4 Å². The zero-order chi connectivity index (χ0) is 24.5. The molecule has 0 saturated carbocycles. The van der Waals surface area contributed by atoms with Gasteiger partial charge in [-0.25, -0.2) is 4.39 Å². The van der Waals surface area contributed by atoms with Crippen molar-refractivity contribution in [2.24, 2.45) is 0 Å². The molecule has 0 radical (unpaired) electrons. The number of hydrogen-bond donors (Lipinski definition) is 1. The van der Waals surface area contributed by atoms with Gasteiger partial charge in [0.05, 0.1) is 6.04 Å². The normalized spacial score (nSPS) is 14.5. The maximum atomic E-state index is 13.8. The number of carbonyl (C=O) groups excluding carboxylic acids is 1. The number of piperazine rings is 1. The maximum absolute atomic E-state index is 13.8. The van der Waals surface area contributed by atoms with Crippen LogP contribution in [0, 0.1) is 17.1 Å². The van der Waals surface area contributed by atoms with Crippen LogP contribution in [0.3, 0.4) is 0 Å². The van der Waals surface area contributed by atoms with E-state index >= 15 is 0 Å². The summed E-state index contributed by atoms with van der Waals surface area (Å²) in [7, 11) is 0. The van der Waals surface area contributed by atoms with Gasteiger partial charge in [0.15, 0.2) is 0 Å². The van der Waals surface area contributed by atoms with Gasteiger partial charge >= 0.3 is 0 Å². The zero-order valence-electron chi connectivity index (χ0n) is 19.6. The number of halogens is 1. The van der Waals surface area contributed by atoms with E-state index in [2.05, 4.69) is 34.5 Å². The minimum absolute atomic E-state index is 0.0645. The second kappa shape index (κ2) is 12.0. The van der Waals surface area contributed by atoms with Crippen LogP contribution >= 0.6 is 0 Å². The number of nitrogens with one attached hydrogen (secondary N) is 1. The predicted octanol–water partition coefficient (Wildman–Crippen LogP) is 4.30. The molecule has 35 heavy (non-hydrogen) atoms. The predicted molar refractivity (Wildman–Crippen MR) is 135 cm³/mol. The molecular weight excluding hydrogens is 439 g/mol. The van der Waals surface area contributed by atoms with Crippen molar-refractivity contribution >= 4 is 5.91 Å². The molecule has 0 aromatic heterocycles. The van der Waals surface area contributed by atoms with E-state index in [-0.39, 0.29) is 23.3 Å². The standard InChI is InChI=1S/C29H29FN4O/c30-27-14-8-7-9-23(27)15-16-32-22-26(21-31)29(35)34-19-17-33(18-20-34)28(24-10-3-1-4-11-24)25-12-5-2-6-13-25/h1-14,22,28,32H,15-20H2/b26-22-. The maximum Gasteiger partial charge on any atom is 0.266 e. The van der Waals surface area contributed by atoms with Gasteiger partial charge < -0.3 is 10.2 Å². The number of hydrogen-bond acceptors (Lipinski definition) is 4. The minimum Gasteiger partial charge on any atom is -0.389 e. The summed E-state index contributed by atoms with van der Waals surface area (Å²) in [6.07, 6.45) is 1.92. The molecule has 0 unspecified atom stereocenters. The Kier molecular flexibility index (Phi) is 8.26. The molecule has 1 aliphatic heterocycles. The molecule has 1 N–H and O–H groups in total. The van der Waals surface area contributed by atoms with Crippen molar-refractivity contribution < 1.29 is 9.18 Å². The number of rotatable bonds is 8. The number of benzene rings is 3. The summed E-state index contributed by atoms with van der Waals surface area (Å²) >= 11 is 0. The second-order valence-electron chi connectivity index (χ2n) is 8.52. The van der Waals surface area contributed by atoms with Crippen molar-refractivity contribution in [1.82, 2.24) is 15.1 Å². The number of nitrogens with zero attached hydrogens (tertiary/aromatic N) is 3. The summed E-state index contributed by atoms with van der Waals surface area (Å²) < 4.78 is 13.8. The highest BCUT2D eigenvalue weighted by molar-refractivity contribution is 5.97. The Morgan fingerprint density at radius 1 is 0.914 bits per heavy atom.